The quantitative estimate of drug-likeness (QED) is 0.879. The van der Waals surface area contributed by atoms with E-state index in [4.69, 9.17) is 9.15 Å². The summed E-state index contributed by atoms with van der Waals surface area (Å²) in [4.78, 5) is 0. The third-order valence-electron chi connectivity index (χ3n) is 2.88. The normalized spacial score (nSPS) is 10.9. The van der Waals surface area contributed by atoms with Gasteiger partial charge in [-0.3, -0.25) is 0 Å². The number of rotatable bonds is 5. The highest BCUT2D eigenvalue weighted by molar-refractivity contribution is 5.30. The molecule has 0 saturated heterocycles. The molecule has 98 valence electrons. The minimum absolute atomic E-state index is 0.700. The predicted octanol–water partition coefficient (Wildman–Crippen LogP) is 1.93. The molecule has 0 radical (unpaired) electrons. The van der Waals surface area contributed by atoms with Crippen LogP contribution >= 0.6 is 0 Å². The summed E-state index contributed by atoms with van der Waals surface area (Å²) in [6.07, 6.45) is 0. The Bertz CT molecular complexity index is 528. The summed E-state index contributed by atoms with van der Waals surface area (Å²) in [7, 11) is 3.54. The lowest BCUT2D eigenvalue weighted by atomic mass is 10.2. The molecular weight excluding hydrogens is 230 g/mol. The van der Waals surface area contributed by atoms with Crippen molar-refractivity contribution in [2.45, 2.75) is 26.9 Å². The lowest BCUT2D eigenvalue weighted by Crippen LogP contribution is -2.13. The number of hydrogen-bond donors (Lipinski definition) is 1. The number of hydrogen-bond acceptors (Lipinski definition) is 4. The Hall–Kier alpha value is -1.75. The summed E-state index contributed by atoms with van der Waals surface area (Å²) in [6.45, 7) is 5.34. The van der Waals surface area contributed by atoms with Gasteiger partial charge in [-0.05, 0) is 26.0 Å². The maximum Gasteiger partial charge on any atom is 0.216 e. The second kappa shape index (κ2) is 5.27. The lowest BCUT2D eigenvalue weighted by molar-refractivity contribution is 0.367. The van der Waals surface area contributed by atoms with E-state index in [1.807, 2.05) is 33.0 Å². The molecule has 0 aliphatic heterocycles. The second-order valence-electron chi connectivity index (χ2n) is 4.31. The van der Waals surface area contributed by atoms with E-state index < -0.39 is 0 Å². The Labute approximate surface area is 107 Å². The van der Waals surface area contributed by atoms with E-state index >= 15 is 0 Å². The lowest BCUT2D eigenvalue weighted by Gasteiger charge is -2.05. The molecule has 0 unspecified atom stereocenters. The topological polar surface area (TPSA) is 52.2 Å². The van der Waals surface area contributed by atoms with Crippen LogP contribution in [0.15, 0.2) is 16.5 Å². The van der Waals surface area contributed by atoms with Crippen LogP contribution in [0.1, 0.15) is 22.8 Å². The van der Waals surface area contributed by atoms with Crippen LogP contribution in [-0.2, 0) is 20.1 Å². The highest BCUT2D eigenvalue weighted by Crippen LogP contribution is 2.20. The van der Waals surface area contributed by atoms with Gasteiger partial charge in [-0.1, -0.05) is 0 Å². The minimum Gasteiger partial charge on any atom is -0.481 e. The molecule has 0 aliphatic rings. The van der Waals surface area contributed by atoms with E-state index in [0.717, 1.165) is 28.7 Å². The third kappa shape index (κ3) is 2.56. The molecule has 0 spiro atoms. The molecule has 5 heteroatoms. The van der Waals surface area contributed by atoms with Gasteiger partial charge in [0.15, 0.2) is 0 Å². The van der Waals surface area contributed by atoms with Crippen molar-refractivity contribution in [3.8, 4) is 5.88 Å². The first-order valence-electron chi connectivity index (χ1n) is 5.94. The average molecular weight is 249 g/mol. The average Bonchev–Trinajstić information content (AvgIpc) is 2.84. The smallest absolute Gasteiger partial charge is 0.216 e. The highest BCUT2D eigenvalue weighted by atomic mass is 16.5. The minimum atomic E-state index is 0.700. The number of aryl methyl sites for hydroxylation is 3. The van der Waals surface area contributed by atoms with E-state index in [0.29, 0.717) is 13.1 Å². The molecule has 0 bridgehead atoms. The Morgan fingerprint density at radius 2 is 2.11 bits per heavy atom. The van der Waals surface area contributed by atoms with Crippen molar-refractivity contribution in [2.75, 3.05) is 7.11 Å². The second-order valence-corrected chi connectivity index (χ2v) is 4.31. The largest absolute Gasteiger partial charge is 0.481 e. The van der Waals surface area contributed by atoms with E-state index in [9.17, 15) is 0 Å². The SMILES string of the molecule is COc1c(CNCc2ccc(C)o2)c(C)nn1C. The molecule has 18 heavy (non-hydrogen) atoms. The Kier molecular flexibility index (Phi) is 3.72. The van der Waals surface area contributed by atoms with Gasteiger partial charge in [0.2, 0.25) is 5.88 Å². The molecule has 1 N–H and O–H groups in total. The fraction of sp³-hybridized carbons (Fsp3) is 0.462. The van der Waals surface area contributed by atoms with Crippen molar-refractivity contribution in [1.29, 1.82) is 0 Å². The summed E-state index contributed by atoms with van der Waals surface area (Å²) in [6, 6.07) is 3.95. The van der Waals surface area contributed by atoms with Gasteiger partial charge in [0, 0.05) is 13.6 Å². The van der Waals surface area contributed by atoms with Crippen LogP contribution in [0.5, 0.6) is 5.88 Å². The van der Waals surface area contributed by atoms with Gasteiger partial charge in [0.25, 0.3) is 0 Å². The van der Waals surface area contributed by atoms with Crippen molar-refractivity contribution in [3.05, 3.63) is 34.9 Å². The van der Waals surface area contributed by atoms with Crippen molar-refractivity contribution >= 4 is 0 Å². The van der Waals surface area contributed by atoms with Crippen molar-refractivity contribution in [2.24, 2.45) is 7.05 Å². The number of nitrogens with zero attached hydrogens (tertiary/aromatic N) is 2. The summed E-state index contributed by atoms with van der Waals surface area (Å²) < 4.78 is 12.6. The van der Waals surface area contributed by atoms with Crippen molar-refractivity contribution in [3.63, 3.8) is 0 Å². The Balaban J connectivity index is 1.98. The maximum absolute atomic E-state index is 5.50. The molecule has 0 aliphatic carbocycles. The van der Waals surface area contributed by atoms with Gasteiger partial charge in [0.1, 0.15) is 11.5 Å². The van der Waals surface area contributed by atoms with Crippen molar-refractivity contribution < 1.29 is 9.15 Å². The van der Waals surface area contributed by atoms with Gasteiger partial charge in [0.05, 0.1) is 24.9 Å². The Morgan fingerprint density at radius 1 is 1.33 bits per heavy atom. The molecular formula is C13H19N3O2. The fourth-order valence-corrected chi connectivity index (χ4v) is 2.03. The van der Waals surface area contributed by atoms with Gasteiger partial charge in [-0.15, -0.1) is 0 Å². The molecule has 2 aromatic heterocycles. The molecule has 2 heterocycles. The summed E-state index contributed by atoms with van der Waals surface area (Å²) >= 11 is 0. The third-order valence-corrected chi connectivity index (χ3v) is 2.88. The van der Waals surface area contributed by atoms with Crippen LogP contribution < -0.4 is 10.1 Å². The fourth-order valence-electron chi connectivity index (χ4n) is 2.03. The molecule has 0 amide bonds. The molecule has 0 aromatic carbocycles. The zero-order valence-electron chi connectivity index (χ0n) is 11.3. The standard InChI is InChI=1S/C13H19N3O2/c1-9-5-6-11(18-9)7-14-8-12-10(2)15-16(3)13(12)17-4/h5-6,14H,7-8H2,1-4H3. The van der Waals surface area contributed by atoms with Crippen LogP contribution in [0.2, 0.25) is 0 Å². The van der Waals surface area contributed by atoms with Crippen LogP contribution in [0.4, 0.5) is 0 Å². The zero-order valence-corrected chi connectivity index (χ0v) is 11.3. The zero-order chi connectivity index (χ0) is 13.1. The van der Waals surface area contributed by atoms with Gasteiger partial charge >= 0.3 is 0 Å². The monoisotopic (exact) mass is 249 g/mol. The summed E-state index contributed by atoms with van der Waals surface area (Å²) in [5.41, 5.74) is 2.07. The molecule has 0 atom stereocenters. The van der Waals surface area contributed by atoms with Crippen LogP contribution in [0.25, 0.3) is 0 Å². The first-order chi connectivity index (χ1) is 8.61. The summed E-state index contributed by atoms with van der Waals surface area (Å²) in [5, 5.41) is 7.67. The predicted molar refractivity (Wildman–Crippen MR) is 68.5 cm³/mol. The first kappa shape index (κ1) is 12.7. The number of ether oxygens (including phenoxy) is 1. The Morgan fingerprint density at radius 3 is 2.72 bits per heavy atom. The van der Waals surface area contributed by atoms with E-state index in [1.165, 1.54) is 0 Å². The number of furan rings is 1. The van der Waals surface area contributed by atoms with Gasteiger partial charge in [-0.25, -0.2) is 4.68 Å². The van der Waals surface area contributed by atoms with Gasteiger partial charge in [-0.2, -0.15) is 5.10 Å². The van der Waals surface area contributed by atoms with Crippen LogP contribution in [-0.4, -0.2) is 16.9 Å². The van der Waals surface area contributed by atoms with Crippen LogP contribution in [0, 0.1) is 13.8 Å². The van der Waals surface area contributed by atoms with Gasteiger partial charge < -0.3 is 14.5 Å². The van der Waals surface area contributed by atoms with E-state index in [-0.39, 0.29) is 0 Å². The number of methoxy groups -OCH3 is 1. The van der Waals surface area contributed by atoms with Crippen LogP contribution in [0.3, 0.4) is 0 Å². The number of aromatic nitrogens is 2. The molecule has 0 fully saturated rings. The first-order valence-corrected chi connectivity index (χ1v) is 5.94. The molecule has 5 nitrogen and oxygen atoms in total. The molecule has 2 aromatic rings. The van der Waals surface area contributed by atoms with E-state index in [1.54, 1.807) is 11.8 Å². The number of nitrogens with one attached hydrogen (secondary N) is 1. The highest BCUT2D eigenvalue weighted by Gasteiger charge is 2.13. The maximum atomic E-state index is 5.50. The molecule has 2 rings (SSSR count). The van der Waals surface area contributed by atoms with E-state index in [2.05, 4.69) is 10.4 Å². The molecule has 0 saturated carbocycles. The summed E-state index contributed by atoms with van der Waals surface area (Å²) in [5.74, 6) is 2.67. The van der Waals surface area contributed by atoms with Crippen molar-refractivity contribution in [1.82, 2.24) is 15.1 Å².